The first-order valence-electron chi connectivity index (χ1n) is 7.81. The van der Waals surface area contributed by atoms with Crippen molar-refractivity contribution in [3.05, 3.63) is 47.3 Å². The standard InChI is InChI=1S/C18H16N4O2/c1-22-14-7-5-12(9-23)21-16(14)15(18(19)24)17(22)13-6-4-11(8-20-13)10-2-3-10/h4-10H,2-3H2,1H3,(H2,19,24). The van der Waals surface area contributed by atoms with Gasteiger partial charge in [-0.25, -0.2) is 4.98 Å². The summed E-state index contributed by atoms with van der Waals surface area (Å²) < 4.78 is 1.84. The maximum atomic E-state index is 12.1. The van der Waals surface area contributed by atoms with Crippen molar-refractivity contribution in [2.24, 2.45) is 12.8 Å². The average Bonchev–Trinajstić information content (AvgIpc) is 3.39. The fourth-order valence-corrected chi connectivity index (χ4v) is 3.12. The molecular formula is C18H16N4O2. The number of fused-ring (bicyclic) bond motifs is 1. The number of hydrogen-bond acceptors (Lipinski definition) is 4. The summed E-state index contributed by atoms with van der Waals surface area (Å²) in [4.78, 5) is 31.8. The molecule has 1 aliphatic rings. The molecule has 1 aliphatic carbocycles. The Morgan fingerprint density at radius 1 is 1.29 bits per heavy atom. The molecule has 1 amide bonds. The maximum Gasteiger partial charge on any atom is 0.253 e. The molecule has 1 saturated carbocycles. The monoisotopic (exact) mass is 320 g/mol. The van der Waals surface area contributed by atoms with Crippen LogP contribution in [0.25, 0.3) is 22.4 Å². The number of nitrogens with zero attached hydrogens (tertiary/aromatic N) is 3. The lowest BCUT2D eigenvalue weighted by atomic mass is 10.1. The lowest BCUT2D eigenvalue weighted by Gasteiger charge is -2.06. The van der Waals surface area contributed by atoms with Gasteiger partial charge < -0.3 is 10.3 Å². The van der Waals surface area contributed by atoms with E-state index in [-0.39, 0.29) is 5.69 Å². The van der Waals surface area contributed by atoms with Gasteiger partial charge in [0.1, 0.15) is 11.2 Å². The first kappa shape index (κ1) is 14.6. The molecule has 24 heavy (non-hydrogen) atoms. The molecule has 0 radical (unpaired) electrons. The SMILES string of the molecule is Cn1c(-c2ccc(C3CC3)cn2)c(C(N)=O)c2nc(C=O)ccc21. The van der Waals surface area contributed by atoms with Gasteiger partial charge in [0, 0.05) is 13.2 Å². The van der Waals surface area contributed by atoms with E-state index >= 15 is 0 Å². The van der Waals surface area contributed by atoms with Gasteiger partial charge >= 0.3 is 0 Å². The van der Waals surface area contributed by atoms with E-state index in [1.54, 1.807) is 12.1 Å². The van der Waals surface area contributed by atoms with Crippen molar-refractivity contribution in [2.45, 2.75) is 18.8 Å². The normalized spacial score (nSPS) is 14.0. The highest BCUT2D eigenvalue weighted by Crippen LogP contribution is 2.40. The fourth-order valence-electron chi connectivity index (χ4n) is 3.12. The van der Waals surface area contributed by atoms with Crippen molar-refractivity contribution in [3.63, 3.8) is 0 Å². The zero-order valence-corrected chi connectivity index (χ0v) is 13.2. The zero-order chi connectivity index (χ0) is 16.8. The molecule has 3 aromatic rings. The molecule has 0 aromatic carbocycles. The molecule has 1 fully saturated rings. The molecule has 2 N–H and O–H groups in total. The third kappa shape index (κ3) is 2.19. The topological polar surface area (TPSA) is 90.9 Å². The largest absolute Gasteiger partial charge is 0.365 e. The van der Waals surface area contributed by atoms with E-state index < -0.39 is 5.91 Å². The second-order valence-electron chi connectivity index (χ2n) is 6.12. The predicted molar refractivity (Wildman–Crippen MR) is 89.8 cm³/mol. The summed E-state index contributed by atoms with van der Waals surface area (Å²) >= 11 is 0. The van der Waals surface area contributed by atoms with Crippen LogP contribution in [0.1, 0.15) is 45.2 Å². The van der Waals surface area contributed by atoms with Gasteiger partial charge in [-0.15, -0.1) is 0 Å². The summed E-state index contributed by atoms with van der Waals surface area (Å²) in [6.45, 7) is 0. The Morgan fingerprint density at radius 3 is 2.67 bits per heavy atom. The number of aryl methyl sites for hydroxylation is 1. The number of aromatic nitrogens is 3. The highest BCUT2D eigenvalue weighted by atomic mass is 16.1. The first-order valence-corrected chi connectivity index (χ1v) is 7.81. The second kappa shape index (κ2) is 5.26. The summed E-state index contributed by atoms with van der Waals surface area (Å²) in [6.07, 6.45) is 4.93. The number of amides is 1. The molecule has 0 spiro atoms. The minimum absolute atomic E-state index is 0.263. The predicted octanol–water partition coefficient (Wildman–Crippen LogP) is 2.42. The number of primary amides is 1. The van der Waals surface area contributed by atoms with E-state index in [0.717, 1.165) is 5.52 Å². The average molecular weight is 320 g/mol. The van der Waals surface area contributed by atoms with Crippen LogP contribution in [0.4, 0.5) is 0 Å². The highest BCUT2D eigenvalue weighted by Gasteiger charge is 2.26. The van der Waals surface area contributed by atoms with Crippen LogP contribution in [0.2, 0.25) is 0 Å². The minimum Gasteiger partial charge on any atom is -0.365 e. The van der Waals surface area contributed by atoms with Gasteiger partial charge in [0.05, 0.1) is 22.5 Å². The second-order valence-corrected chi connectivity index (χ2v) is 6.12. The van der Waals surface area contributed by atoms with Gasteiger partial charge in [-0.3, -0.25) is 14.6 Å². The lowest BCUT2D eigenvalue weighted by Crippen LogP contribution is -2.13. The molecule has 0 unspecified atom stereocenters. The van der Waals surface area contributed by atoms with Gasteiger partial charge in [-0.1, -0.05) is 6.07 Å². The summed E-state index contributed by atoms with van der Waals surface area (Å²) in [5, 5.41) is 0. The summed E-state index contributed by atoms with van der Waals surface area (Å²) in [6, 6.07) is 7.34. The number of nitrogens with two attached hydrogens (primary N) is 1. The van der Waals surface area contributed by atoms with Crippen molar-refractivity contribution in [2.75, 3.05) is 0 Å². The van der Waals surface area contributed by atoms with Crippen molar-refractivity contribution < 1.29 is 9.59 Å². The van der Waals surface area contributed by atoms with Crippen LogP contribution in [0.3, 0.4) is 0 Å². The van der Waals surface area contributed by atoms with Gasteiger partial charge in [0.2, 0.25) is 0 Å². The smallest absolute Gasteiger partial charge is 0.253 e. The van der Waals surface area contributed by atoms with Crippen molar-refractivity contribution >= 4 is 23.2 Å². The Morgan fingerprint density at radius 2 is 2.08 bits per heavy atom. The summed E-state index contributed by atoms with van der Waals surface area (Å²) in [7, 11) is 1.84. The number of carbonyl (C=O) groups excluding carboxylic acids is 2. The van der Waals surface area contributed by atoms with Crippen LogP contribution >= 0.6 is 0 Å². The van der Waals surface area contributed by atoms with E-state index in [9.17, 15) is 9.59 Å². The van der Waals surface area contributed by atoms with Crippen molar-refractivity contribution in [1.82, 2.24) is 14.5 Å². The maximum absolute atomic E-state index is 12.1. The molecular weight excluding hydrogens is 304 g/mol. The van der Waals surface area contributed by atoms with Gasteiger partial charge in [-0.2, -0.15) is 0 Å². The van der Waals surface area contributed by atoms with E-state index in [4.69, 9.17) is 5.73 Å². The van der Waals surface area contributed by atoms with Crippen LogP contribution in [0.15, 0.2) is 30.5 Å². The van der Waals surface area contributed by atoms with Crippen molar-refractivity contribution in [3.8, 4) is 11.4 Å². The first-order chi connectivity index (χ1) is 11.6. The van der Waals surface area contributed by atoms with Crippen LogP contribution in [-0.2, 0) is 7.05 Å². The third-order valence-electron chi connectivity index (χ3n) is 4.51. The summed E-state index contributed by atoms with van der Waals surface area (Å²) in [5.74, 6) is 0.0330. The Kier molecular flexibility index (Phi) is 3.19. The Balaban J connectivity index is 1.95. The van der Waals surface area contributed by atoms with Crippen LogP contribution in [-0.4, -0.2) is 26.7 Å². The van der Waals surface area contributed by atoms with E-state index in [2.05, 4.69) is 9.97 Å². The lowest BCUT2D eigenvalue weighted by molar-refractivity contribution is 0.100. The molecule has 0 aliphatic heterocycles. The zero-order valence-electron chi connectivity index (χ0n) is 13.2. The van der Waals surface area contributed by atoms with Crippen LogP contribution < -0.4 is 5.73 Å². The Bertz CT molecular complexity index is 969. The third-order valence-corrected chi connectivity index (χ3v) is 4.51. The molecule has 0 atom stereocenters. The molecule has 6 heteroatoms. The Hall–Kier alpha value is -3.02. The molecule has 6 nitrogen and oxygen atoms in total. The van der Waals surface area contributed by atoms with Crippen LogP contribution in [0, 0.1) is 0 Å². The molecule has 0 saturated heterocycles. The molecule has 0 bridgehead atoms. The number of hydrogen-bond donors (Lipinski definition) is 1. The molecule has 120 valence electrons. The quantitative estimate of drug-likeness (QED) is 0.747. The minimum atomic E-state index is -0.584. The van der Waals surface area contributed by atoms with Gasteiger partial charge in [-0.05, 0) is 42.5 Å². The van der Waals surface area contributed by atoms with E-state index in [1.807, 2.05) is 29.9 Å². The van der Waals surface area contributed by atoms with E-state index in [1.165, 1.54) is 18.4 Å². The number of pyridine rings is 2. The van der Waals surface area contributed by atoms with E-state index in [0.29, 0.717) is 34.7 Å². The fraction of sp³-hybridized carbons (Fsp3) is 0.222. The number of carbonyl (C=O) groups is 2. The number of rotatable bonds is 4. The molecule has 3 heterocycles. The highest BCUT2D eigenvalue weighted by molar-refractivity contribution is 6.10. The van der Waals surface area contributed by atoms with Gasteiger partial charge in [0.15, 0.2) is 6.29 Å². The molecule has 4 rings (SSSR count). The summed E-state index contributed by atoms with van der Waals surface area (Å²) in [5.41, 5.74) is 9.83. The number of aldehydes is 1. The Labute approximate surface area is 138 Å². The van der Waals surface area contributed by atoms with Crippen LogP contribution in [0.5, 0.6) is 0 Å². The van der Waals surface area contributed by atoms with Crippen molar-refractivity contribution in [1.29, 1.82) is 0 Å². The van der Waals surface area contributed by atoms with Gasteiger partial charge in [0.25, 0.3) is 5.91 Å². The molecule has 3 aromatic heterocycles.